The molecule has 0 saturated carbocycles. The van der Waals surface area contributed by atoms with Gasteiger partial charge in [-0.1, -0.05) is 0 Å². The standard InChI is InChI=1S/C7H10BrN3O2S/c1-5-7(3-6(8)4-10-5)11-14(12,13)9-2/h3-4,9,11H,1-2H3. The molecule has 0 saturated heterocycles. The van der Waals surface area contributed by atoms with Crippen molar-refractivity contribution in [2.24, 2.45) is 0 Å². The van der Waals surface area contributed by atoms with Crippen LogP contribution in [-0.2, 0) is 10.2 Å². The lowest BCUT2D eigenvalue weighted by Gasteiger charge is -2.08. The van der Waals surface area contributed by atoms with Crippen molar-refractivity contribution in [2.75, 3.05) is 11.8 Å². The van der Waals surface area contributed by atoms with Crippen LogP contribution in [0.2, 0.25) is 0 Å². The molecule has 1 aromatic heterocycles. The number of halogens is 1. The zero-order valence-electron chi connectivity index (χ0n) is 7.70. The first-order valence-corrected chi connectivity index (χ1v) is 6.05. The van der Waals surface area contributed by atoms with Crippen LogP contribution >= 0.6 is 15.9 Å². The smallest absolute Gasteiger partial charge is 0.269 e. The molecule has 0 aromatic carbocycles. The fourth-order valence-electron chi connectivity index (χ4n) is 0.807. The molecule has 0 aliphatic carbocycles. The molecule has 0 amide bonds. The summed E-state index contributed by atoms with van der Waals surface area (Å²) < 4.78 is 27.6. The Hall–Kier alpha value is -0.660. The lowest BCUT2D eigenvalue weighted by molar-refractivity contribution is 0.593. The molecule has 0 unspecified atom stereocenters. The van der Waals surface area contributed by atoms with Crippen molar-refractivity contribution in [3.05, 3.63) is 22.4 Å². The maximum Gasteiger partial charge on any atom is 0.298 e. The molecule has 0 fully saturated rings. The van der Waals surface area contributed by atoms with Gasteiger partial charge >= 0.3 is 0 Å². The van der Waals surface area contributed by atoms with Gasteiger partial charge in [-0.2, -0.15) is 8.42 Å². The second-order valence-corrected chi connectivity index (χ2v) is 5.13. The highest BCUT2D eigenvalue weighted by atomic mass is 79.9. The van der Waals surface area contributed by atoms with E-state index in [1.807, 2.05) is 0 Å². The zero-order chi connectivity index (χ0) is 10.8. The van der Waals surface area contributed by atoms with Crippen LogP contribution in [0.5, 0.6) is 0 Å². The average molecular weight is 280 g/mol. The predicted octanol–water partition coefficient (Wildman–Crippen LogP) is 1.03. The van der Waals surface area contributed by atoms with Crippen molar-refractivity contribution in [2.45, 2.75) is 6.92 Å². The van der Waals surface area contributed by atoms with E-state index in [2.05, 4.69) is 30.4 Å². The highest BCUT2D eigenvalue weighted by molar-refractivity contribution is 9.10. The number of pyridine rings is 1. The van der Waals surface area contributed by atoms with Gasteiger partial charge in [0, 0.05) is 17.7 Å². The Labute approximate surface area is 91.2 Å². The van der Waals surface area contributed by atoms with Gasteiger partial charge in [0.15, 0.2) is 0 Å². The van der Waals surface area contributed by atoms with E-state index in [1.165, 1.54) is 7.05 Å². The first-order valence-electron chi connectivity index (χ1n) is 3.78. The van der Waals surface area contributed by atoms with Gasteiger partial charge in [-0.3, -0.25) is 9.71 Å². The van der Waals surface area contributed by atoms with Gasteiger partial charge in [0.2, 0.25) is 0 Å². The highest BCUT2D eigenvalue weighted by Gasteiger charge is 2.08. The van der Waals surface area contributed by atoms with Crippen LogP contribution in [-0.4, -0.2) is 20.4 Å². The number of hydrogen-bond donors (Lipinski definition) is 2. The first-order chi connectivity index (χ1) is 6.44. The largest absolute Gasteiger partial charge is 0.298 e. The van der Waals surface area contributed by atoms with E-state index < -0.39 is 10.2 Å². The number of nitrogens with one attached hydrogen (secondary N) is 2. The van der Waals surface area contributed by atoms with Crippen LogP contribution in [0.25, 0.3) is 0 Å². The Balaban J connectivity index is 3.03. The number of aryl methyl sites for hydroxylation is 1. The molecule has 2 N–H and O–H groups in total. The molecule has 7 heteroatoms. The maximum atomic E-state index is 11.2. The third-order valence-corrected chi connectivity index (χ3v) is 3.03. The second kappa shape index (κ2) is 4.24. The van der Waals surface area contributed by atoms with Crippen LogP contribution < -0.4 is 9.44 Å². The monoisotopic (exact) mass is 279 g/mol. The fraction of sp³-hybridized carbons (Fsp3) is 0.286. The Bertz CT molecular complexity index is 433. The summed E-state index contributed by atoms with van der Waals surface area (Å²) in [5.41, 5.74) is 1.07. The van der Waals surface area contributed by atoms with Gasteiger partial charge < -0.3 is 0 Å². The molecule has 0 radical (unpaired) electrons. The van der Waals surface area contributed by atoms with E-state index >= 15 is 0 Å². The molecular weight excluding hydrogens is 270 g/mol. The molecule has 0 bridgehead atoms. The minimum absolute atomic E-state index is 0.453. The zero-order valence-corrected chi connectivity index (χ0v) is 10.1. The SMILES string of the molecule is CNS(=O)(=O)Nc1cc(Br)cnc1C. The minimum Gasteiger partial charge on any atom is -0.269 e. The molecule has 5 nitrogen and oxygen atoms in total. The Morgan fingerprint density at radius 2 is 2.14 bits per heavy atom. The lowest BCUT2D eigenvalue weighted by Crippen LogP contribution is -2.26. The molecule has 0 spiro atoms. The lowest BCUT2D eigenvalue weighted by atomic mass is 10.3. The molecule has 0 aliphatic heterocycles. The summed E-state index contributed by atoms with van der Waals surface area (Å²) in [6.07, 6.45) is 1.60. The van der Waals surface area contributed by atoms with Gasteiger partial charge in [0.25, 0.3) is 10.2 Å². The second-order valence-electron chi connectivity index (χ2n) is 2.60. The number of aromatic nitrogens is 1. The van der Waals surface area contributed by atoms with Gasteiger partial charge in [-0.25, -0.2) is 4.72 Å². The molecular formula is C7H10BrN3O2S. The van der Waals surface area contributed by atoms with Crippen molar-refractivity contribution >= 4 is 31.8 Å². The van der Waals surface area contributed by atoms with Crippen molar-refractivity contribution in [3.8, 4) is 0 Å². The minimum atomic E-state index is -3.47. The summed E-state index contributed by atoms with van der Waals surface area (Å²) in [6, 6.07) is 1.65. The summed E-state index contributed by atoms with van der Waals surface area (Å²) in [4.78, 5) is 4.00. The molecule has 0 aliphatic rings. The average Bonchev–Trinajstić information content (AvgIpc) is 2.11. The normalized spacial score (nSPS) is 11.4. The Morgan fingerprint density at radius 3 is 2.71 bits per heavy atom. The summed E-state index contributed by atoms with van der Waals surface area (Å²) in [5.74, 6) is 0. The van der Waals surface area contributed by atoms with Crippen LogP contribution in [0.4, 0.5) is 5.69 Å². The van der Waals surface area contributed by atoms with Gasteiger partial charge in [0.05, 0.1) is 11.4 Å². The fourth-order valence-corrected chi connectivity index (χ4v) is 1.74. The summed E-state index contributed by atoms with van der Waals surface area (Å²) in [6.45, 7) is 1.72. The topological polar surface area (TPSA) is 71.1 Å². The first kappa shape index (κ1) is 11.4. The molecule has 14 heavy (non-hydrogen) atoms. The molecule has 0 atom stereocenters. The van der Waals surface area contributed by atoms with Crippen molar-refractivity contribution in [3.63, 3.8) is 0 Å². The van der Waals surface area contributed by atoms with Gasteiger partial charge in [0.1, 0.15) is 0 Å². The Kier molecular flexibility index (Phi) is 3.46. The van der Waals surface area contributed by atoms with Gasteiger partial charge in [-0.15, -0.1) is 0 Å². The van der Waals surface area contributed by atoms with E-state index in [9.17, 15) is 8.42 Å². The number of hydrogen-bond acceptors (Lipinski definition) is 3. The van der Waals surface area contributed by atoms with E-state index in [4.69, 9.17) is 0 Å². The maximum absolute atomic E-state index is 11.2. The molecule has 1 rings (SSSR count). The van der Waals surface area contributed by atoms with Crippen LogP contribution in [0, 0.1) is 6.92 Å². The number of anilines is 1. The van der Waals surface area contributed by atoms with E-state index in [0.29, 0.717) is 11.4 Å². The number of rotatable bonds is 3. The van der Waals surface area contributed by atoms with E-state index in [1.54, 1.807) is 19.2 Å². The molecule has 1 aromatic rings. The summed E-state index contributed by atoms with van der Waals surface area (Å²) in [5, 5.41) is 0. The van der Waals surface area contributed by atoms with Gasteiger partial charge in [-0.05, 0) is 28.9 Å². The van der Waals surface area contributed by atoms with Crippen LogP contribution in [0.1, 0.15) is 5.69 Å². The third-order valence-electron chi connectivity index (χ3n) is 1.57. The van der Waals surface area contributed by atoms with Crippen molar-refractivity contribution in [1.29, 1.82) is 0 Å². The summed E-state index contributed by atoms with van der Waals surface area (Å²) >= 11 is 3.21. The van der Waals surface area contributed by atoms with E-state index in [-0.39, 0.29) is 0 Å². The molecule has 78 valence electrons. The quantitative estimate of drug-likeness (QED) is 0.868. The van der Waals surface area contributed by atoms with Crippen LogP contribution in [0.3, 0.4) is 0 Å². The van der Waals surface area contributed by atoms with Crippen molar-refractivity contribution in [1.82, 2.24) is 9.71 Å². The number of nitrogens with zero attached hydrogens (tertiary/aromatic N) is 1. The summed E-state index contributed by atoms with van der Waals surface area (Å²) in [7, 11) is -2.14. The third kappa shape index (κ3) is 2.93. The van der Waals surface area contributed by atoms with Crippen molar-refractivity contribution < 1.29 is 8.42 Å². The molecule has 1 heterocycles. The Morgan fingerprint density at radius 1 is 1.50 bits per heavy atom. The van der Waals surface area contributed by atoms with E-state index in [0.717, 1.165) is 4.47 Å². The predicted molar refractivity (Wildman–Crippen MR) is 58.3 cm³/mol. The van der Waals surface area contributed by atoms with Crippen LogP contribution in [0.15, 0.2) is 16.7 Å². The highest BCUT2D eigenvalue weighted by Crippen LogP contribution is 2.18.